The predicted octanol–water partition coefficient (Wildman–Crippen LogP) is 0.165. The molecule has 0 bridgehead atoms. The number of nitrogens with one attached hydrogen (secondary N) is 2. The van der Waals surface area contributed by atoms with Crippen molar-refractivity contribution in [2.45, 2.75) is 6.42 Å². The Balaban J connectivity index is 2.24. The van der Waals surface area contributed by atoms with Gasteiger partial charge in [0.15, 0.2) is 0 Å². The number of allylic oxidation sites excluding steroid dienone is 5. The van der Waals surface area contributed by atoms with Gasteiger partial charge in [0.1, 0.15) is 5.57 Å². The van der Waals surface area contributed by atoms with Gasteiger partial charge in [-0.15, -0.1) is 0 Å². The van der Waals surface area contributed by atoms with Crippen molar-refractivity contribution in [1.82, 2.24) is 10.6 Å². The van der Waals surface area contributed by atoms with Crippen LogP contribution in [0.3, 0.4) is 0 Å². The zero-order chi connectivity index (χ0) is 10.8. The number of urea groups is 1. The van der Waals surface area contributed by atoms with Gasteiger partial charge in [-0.25, -0.2) is 4.79 Å². The lowest BCUT2D eigenvalue weighted by Crippen LogP contribution is -2.51. The molecule has 76 valence electrons. The van der Waals surface area contributed by atoms with Crippen LogP contribution in [0.5, 0.6) is 0 Å². The molecule has 0 radical (unpaired) electrons. The molecule has 1 aliphatic heterocycles. The maximum absolute atomic E-state index is 11.3. The molecule has 0 spiro atoms. The van der Waals surface area contributed by atoms with Gasteiger partial charge in [-0.3, -0.25) is 20.2 Å². The average Bonchev–Trinajstić information content (AvgIpc) is 2.63. The maximum atomic E-state index is 11.3. The van der Waals surface area contributed by atoms with Crippen LogP contribution in [0.2, 0.25) is 0 Å². The summed E-state index contributed by atoms with van der Waals surface area (Å²) in [7, 11) is 0. The molecule has 1 saturated heterocycles. The molecule has 5 heteroatoms. The van der Waals surface area contributed by atoms with Gasteiger partial charge in [0.05, 0.1) is 0 Å². The highest BCUT2D eigenvalue weighted by molar-refractivity contribution is 6.29. The first-order valence-electron chi connectivity index (χ1n) is 4.41. The molecule has 0 atom stereocenters. The molecule has 0 aromatic rings. The Bertz CT molecular complexity index is 422. The second-order valence-electron chi connectivity index (χ2n) is 3.17. The van der Waals surface area contributed by atoms with Gasteiger partial charge in [0, 0.05) is 0 Å². The van der Waals surface area contributed by atoms with E-state index in [4.69, 9.17) is 0 Å². The van der Waals surface area contributed by atoms with E-state index < -0.39 is 17.8 Å². The number of imide groups is 2. The molecule has 0 saturated carbocycles. The van der Waals surface area contributed by atoms with Crippen LogP contribution in [0.4, 0.5) is 4.79 Å². The van der Waals surface area contributed by atoms with Crippen LogP contribution < -0.4 is 10.6 Å². The normalized spacial score (nSPS) is 19.9. The van der Waals surface area contributed by atoms with Crippen molar-refractivity contribution in [3.8, 4) is 0 Å². The van der Waals surface area contributed by atoms with Crippen molar-refractivity contribution in [3.63, 3.8) is 0 Å². The molecule has 15 heavy (non-hydrogen) atoms. The van der Waals surface area contributed by atoms with E-state index in [0.29, 0.717) is 6.42 Å². The fourth-order valence-corrected chi connectivity index (χ4v) is 1.36. The molecule has 2 N–H and O–H groups in total. The van der Waals surface area contributed by atoms with Crippen molar-refractivity contribution >= 4 is 17.8 Å². The summed E-state index contributed by atoms with van der Waals surface area (Å²) in [5.41, 5.74) is 0.828. The number of hydrogen-bond donors (Lipinski definition) is 2. The van der Waals surface area contributed by atoms with Gasteiger partial charge < -0.3 is 0 Å². The first-order chi connectivity index (χ1) is 7.16. The second-order valence-corrected chi connectivity index (χ2v) is 3.17. The summed E-state index contributed by atoms with van der Waals surface area (Å²) < 4.78 is 0. The highest BCUT2D eigenvalue weighted by Gasteiger charge is 2.27. The maximum Gasteiger partial charge on any atom is 0.328 e. The van der Waals surface area contributed by atoms with Crippen molar-refractivity contribution in [2.75, 3.05) is 0 Å². The summed E-state index contributed by atoms with van der Waals surface area (Å²) in [6, 6.07) is -0.777. The Kier molecular flexibility index (Phi) is 2.21. The number of amides is 4. The Hall–Kier alpha value is -2.17. The zero-order valence-electron chi connectivity index (χ0n) is 7.74. The van der Waals surface area contributed by atoms with Gasteiger partial charge in [-0.2, -0.15) is 0 Å². The summed E-state index contributed by atoms with van der Waals surface area (Å²) in [6.45, 7) is 0. The number of barbiturate groups is 1. The monoisotopic (exact) mass is 204 g/mol. The van der Waals surface area contributed by atoms with Crippen molar-refractivity contribution in [1.29, 1.82) is 0 Å². The van der Waals surface area contributed by atoms with Crippen LogP contribution in [0.15, 0.2) is 35.5 Å². The number of rotatable bonds is 1. The first kappa shape index (κ1) is 9.39. The summed E-state index contributed by atoms with van der Waals surface area (Å²) in [5.74, 6) is -1.31. The molecule has 5 nitrogen and oxygen atoms in total. The Labute approximate surface area is 85.5 Å². The van der Waals surface area contributed by atoms with Gasteiger partial charge >= 0.3 is 6.03 Å². The third kappa shape index (κ3) is 1.85. The van der Waals surface area contributed by atoms with Crippen LogP contribution in [0, 0.1) is 0 Å². The third-order valence-electron chi connectivity index (χ3n) is 2.07. The quantitative estimate of drug-likeness (QED) is 0.472. The largest absolute Gasteiger partial charge is 0.328 e. The lowest BCUT2D eigenvalue weighted by atomic mass is 10.1. The Morgan fingerprint density at radius 1 is 1.13 bits per heavy atom. The van der Waals surface area contributed by atoms with Crippen LogP contribution >= 0.6 is 0 Å². The highest BCUT2D eigenvalue weighted by atomic mass is 16.2. The number of carbonyl (C=O) groups is 3. The molecule has 1 heterocycles. The van der Waals surface area contributed by atoms with Gasteiger partial charge in [-0.05, 0) is 18.1 Å². The molecule has 4 amide bonds. The van der Waals surface area contributed by atoms with Crippen LogP contribution in [-0.2, 0) is 9.59 Å². The smallest absolute Gasteiger partial charge is 0.273 e. The van der Waals surface area contributed by atoms with E-state index in [1.165, 1.54) is 6.08 Å². The minimum Gasteiger partial charge on any atom is -0.273 e. The summed E-state index contributed by atoms with van der Waals surface area (Å²) in [4.78, 5) is 33.3. The molecule has 0 unspecified atom stereocenters. The molecular weight excluding hydrogens is 196 g/mol. The topological polar surface area (TPSA) is 75.3 Å². The number of carbonyl (C=O) groups excluding carboxylic acids is 3. The lowest BCUT2D eigenvalue weighted by Gasteiger charge is -2.13. The molecule has 2 aliphatic rings. The summed E-state index contributed by atoms with van der Waals surface area (Å²) in [6.07, 6.45) is 7.74. The van der Waals surface area contributed by atoms with E-state index in [2.05, 4.69) is 0 Å². The van der Waals surface area contributed by atoms with E-state index >= 15 is 0 Å². The zero-order valence-corrected chi connectivity index (χ0v) is 7.74. The van der Waals surface area contributed by atoms with Gasteiger partial charge in [0.2, 0.25) is 0 Å². The predicted molar refractivity (Wildman–Crippen MR) is 51.6 cm³/mol. The minimum absolute atomic E-state index is 0.0375. The van der Waals surface area contributed by atoms with Crippen molar-refractivity contribution in [3.05, 3.63) is 35.5 Å². The molecule has 2 rings (SSSR count). The number of hydrogen-bond acceptors (Lipinski definition) is 3. The fourth-order valence-electron chi connectivity index (χ4n) is 1.36. The van der Waals surface area contributed by atoms with E-state index in [-0.39, 0.29) is 5.57 Å². The van der Waals surface area contributed by atoms with Crippen LogP contribution in [0.25, 0.3) is 0 Å². The Morgan fingerprint density at radius 3 is 2.33 bits per heavy atom. The van der Waals surface area contributed by atoms with Crippen LogP contribution in [-0.4, -0.2) is 17.8 Å². The van der Waals surface area contributed by atoms with Crippen LogP contribution in [0.1, 0.15) is 6.42 Å². The third-order valence-corrected chi connectivity index (χ3v) is 2.07. The molecule has 1 fully saturated rings. The molecule has 0 aromatic heterocycles. The Morgan fingerprint density at radius 2 is 1.80 bits per heavy atom. The molecular formula is C10H8N2O3. The first-order valence-corrected chi connectivity index (χ1v) is 4.41. The summed E-state index contributed by atoms with van der Waals surface area (Å²) in [5, 5.41) is 4.02. The van der Waals surface area contributed by atoms with E-state index in [0.717, 1.165) is 5.57 Å². The van der Waals surface area contributed by atoms with E-state index in [1.807, 2.05) is 28.9 Å². The van der Waals surface area contributed by atoms with Gasteiger partial charge in [-0.1, -0.05) is 18.2 Å². The SMILES string of the molecule is O=C1NC(=O)C(=CC2=CC=CC2)C(=O)N1. The minimum atomic E-state index is -0.777. The molecule has 1 aliphatic carbocycles. The average molecular weight is 204 g/mol. The van der Waals surface area contributed by atoms with Crippen molar-refractivity contribution < 1.29 is 14.4 Å². The second kappa shape index (κ2) is 3.53. The fraction of sp³-hybridized carbons (Fsp3) is 0.100. The molecule has 0 aromatic carbocycles. The lowest BCUT2D eigenvalue weighted by molar-refractivity contribution is -0.124. The summed E-state index contributed by atoms with van der Waals surface area (Å²) >= 11 is 0. The van der Waals surface area contributed by atoms with Crippen molar-refractivity contribution in [2.24, 2.45) is 0 Å². The highest BCUT2D eigenvalue weighted by Crippen LogP contribution is 2.14. The standard InChI is InChI=1S/C10H8N2O3/c13-8-7(5-6-3-1-2-4-6)9(14)12-10(15)11-8/h1-3,5H,4H2,(H2,11,12,13,14,15). The van der Waals surface area contributed by atoms with E-state index in [1.54, 1.807) is 0 Å². The van der Waals surface area contributed by atoms with Gasteiger partial charge in [0.25, 0.3) is 11.8 Å². The van der Waals surface area contributed by atoms with E-state index in [9.17, 15) is 14.4 Å².